The molecule has 90 valence electrons. The van der Waals surface area contributed by atoms with E-state index in [1.165, 1.54) is 57.9 Å². The second kappa shape index (κ2) is 8.12. The second-order valence-corrected chi connectivity index (χ2v) is 4.81. The topological polar surface area (TPSA) is 23.2 Å². The van der Waals surface area contributed by atoms with Crippen LogP contribution in [0.15, 0.2) is 0 Å². The third-order valence-electron chi connectivity index (χ3n) is 3.34. The van der Waals surface area contributed by atoms with Crippen LogP contribution in [0.5, 0.6) is 0 Å². The maximum Gasteiger partial charge on any atom is 0.0599 e. The van der Waals surface area contributed by atoms with Crippen LogP contribution in [0.1, 0.15) is 58.3 Å². The highest BCUT2D eigenvalue weighted by Gasteiger charge is 2.31. The molecule has 15 heavy (non-hydrogen) atoms. The molecule has 0 bridgehead atoms. The summed E-state index contributed by atoms with van der Waals surface area (Å²) in [4.78, 5) is 2.37. The van der Waals surface area contributed by atoms with Gasteiger partial charge in [0.05, 0.1) is 6.61 Å². The normalized spacial score (nSPS) is 24.4. The van der Waals surface area contributed by atoms with E-state index in [1.54, 1.807) is 0 Å². The monoisotopic (exact) mass is 213 g/mol. The van der Waals surface area contributed by atoms with Gasteiger partial charge in [-0.25, -0.2) is 0 Å². The van der Waals surface area contributed by atoms with Crippen LogP contribution in [0.25, 0.3) is 0 Å². The minimum absolute atomic E-state index is 0.358. The SMILES string of the molecule is CCCCCCCCCCN1CC1CO. The van der Waals surface area contributed by atoms with Gasteiger partial charge in [-0.2, -0.15) is 0 Å². The number of hydrogen-bond acceptors (Lipinski definition) is 2. The van der Waals surface area contributed by atoms with E-state index in [2.05, 4.69) is 11.8 Å². The fourth-order valence-corrected chi connectivity index (χ4v) is 2.12. The minimum Gasteiger partial charge on any atom is -0.395 e. The van der Waals surface area contributed by atoms with Crippen LogP contribution < -0.4 is 0 Å². The van der Waals surface area contributed by atoms with Crippen LogP contribution in [0.2, 0.25) is 0 Å². The number of unbranched alkanes of at least 4 members (excludes halogenated alkanes) is 7. The number of aliphatic hydroxyl groups excluding tert-OH is 1. The van der Waals surface area contributed by atoms with E-state index in [-0.39, 0.29) is 0 Å². The number of rotatable bonds is 10. The van der Waals surface area contributed by atoms with Gasteiger partial charge in [0.2, 0.25) is 0 Å². The van der Waals surface area contributed by atoms with Crippen molar-refractivity contribution < 1.29 is 5.11 Å². The molecule has 2 unspecified atom stereocenters. The molecular formula is C13H27NO. The lowest BCUT2D eigenvalue weighted by Crippen LogP contribution is -2.06. The largest absolute Gasteiger partial charge is 0.395 e. The predicted molar refractivity (Wildman–Crippen MR) is 65.1 cm³/mol. The van der Waals surface area contributed by atoms with Crippen LogP contribution in [-0.4, -0.2) is 35.7 Å². The van der Waals surface area contributed by atoms with Gasteiger partial charge in [-0.3, -0.25) is 4.90 Å². The fourth-order valence-electron chi connectivity index (χ4n) is 2.12. The highest BCUT2D eigenvalue weighted by molar-refractivity contribution is 4.87. The van der Waals surface area contributed by atoms with Gasteiger partial charge in [0, 0.05) is 12.6 Å². The average Bonchev–Trinajstić information content (AvgIpc) is 3.01. The van der Waals surface area contributed by atoms with Gasteiger partial charge in [-0.15, -0.1) is 0 Å². The third kappa shape index (κ3) is 6.16. The van der Waals surface area contributed by atoms with E-state index in [0.717, 1.165) is 6.54 Å². The molecule has 2 nitrogen and oxygen atoms in total. The van der Waals surface area contributed by atoms with Crippen LogP contribution in [0, 0.1) is 0 Å². The fraction of sp³-hybridized carbons (Fsp3) is 1.00. The predicted octanol–water partition coefficient (Wildman–Crippen LogP) is 2.80. The first-order chi connectivity index (χ1) is 7.38. The van der Waals surface area contributed by atoms with E-state index in [0.29, 0.717) is 12.6 Å². The molecule has 0 aromatic rings. The number of hydrogen-bond donors (Lipinski definition) is 1. The van der Waals surface area contributed by atoms with Gasteiger partial charge < -0.3 is 5.11 Å². The van der Waals surface area contributed by atoms with Gasteiger partial charge in [0.15, 0.2) is 0 Å². The summed E-state index contributed by atoms with van der Waals surface area (Å²) in [5.74, 6) is 0. The second-order valence-electron chi connectivity index (χ2n) is 4.81. The number of nitrogens with zero attached hydrogens (tertiary/aromatic N) is 1. The quantitative estimate of drug-likeness (QED) is 0.445. The molecular weight excluding hydrogens is 186 g/mol. The number of aliphatic hydroxyl groups is 1. The Hall–Kier alpha value is -0.0800. The molecule has 0 radical (unpaired) electrons. The highest BCUT2D eigenvalue weighted by Crippen LogP contribution is 2.17. The Morgan fingerprint density at radius 2 is 1.60 bits per heavy atom. The summed E-state index contributed by atoms with van der Waals surface area (Å²) in [7, 11) is 0. The van der Waals surface area contributed by atoms with E-state index in [4.69, 9.17) is 5.11 Å². The first kappa shape index (κ1) is 13.0. The summed E-state index contributed by atoms with van der Waals surface area (Å²) < 4.78 is 0. The van der Waals surface area contributed by atoms with Gasteiger partial charge >= 0.3 is 0 Å². The molecule has 1 aliphatic heterocycles. The lowest BCUT2D eigenvalue weighted by molar-refractivity contribution is 0.272. The molecule has 0 aromatic heterocycles. The summed E-state index contributed by atoms with van der Waals surface area (Å²) in [5.41, 5.74) is 0. The molecule has 1 N–H and O–H groups in total. The molecule has 1 aliphatic rings. The van der Waals surface area contributed by atoms with Crippen LogP contribution in [-0.2, 0) is 0 Å². The average molecular weight is 213 g/mol. The standard InChI is InChI=1S/C13H27NO/c1-2-3-4-5-6-7-8-9-10-14-11-13(14)12-15/h13,15H,2-12H2,1H3. The smallest absolute Gasteiger partial charge is 0.0599 e. The molecule has 0 saturated carbocycles. The summed E-state index contributed by atoms with van der Waals surface area (Å²) in [6.45, 7) is 4.96. The van der Waals surface area contributed by atoms with Crippen LogP contribution in [0.3, 0.4) is 0 Å². The van der Waals surface area contributed by atoms with Crippen LogP contribution >= 0.6 is 0 Å². The molecule has 1 fully saturated rings. The summed E-state index contributed by atoms with van der Waals surface area (Å²) in [5, 5.41) is 8.86. The zero-order valence-electron chi connectivity index (χ0n) is 10.2. The Balaban J connectivity index is 1.71. The van der Waals surface area contributed by atoms with Crippen molar-refractivity contribution in [3.05, 3.63) is 0 Å². The van der Waals surface area contributed by atoms with Crippen molar-refractivity contribution >= 4 is 0 Å². The van der Waals surface area contributed by atoms with Crippen molar-refractivity contribution in [2.24, 2.45) is 0 Å². The Kier molecular flexibility index (Phi) is 7.03. The Bertz CT molecular complexity index is 149. The van der Waals surface area contributed by atoms with Gasteiger partial charge in [0.1, 0.15) is 0 Å². The van der Waals surface area contributed by atoms with Crippen molar-refractivity contribution in [2.45, 2.75) is 64.3 Å². The molecule has 0 aliphatic carbocycles. The van der Waals surface area contributed by atoms with E-state index in [1.807, 2.05) is 0 Å². The van der Waals surface area contributed by atoms with Crippen molar-refractivity contribution in [3.8, 4) is 0 Å². The van der Waals surface area contributed by atoms with Crippen LogP contribution in [0.4, 0.5) is 0 Å². The highest BCUT2D eigenvalue weighted by atomic mass is 16.3. The molecule has 0 amide bonds. The van der Waals surface area contributed by atoms with Gasteiger partial charge in [0.25, 0.3) is 0 Å². The van der Waals surface area contributed by atoms with E-state index >= 15 is 0 Å². The minimum atomic E-state index is 0.358. The lowest BCUT2D eigenvalue weighted by Gasteiger charge is -2.03. The Labute approximate surface area is 94.7 Å². The maximum atomic E-state index is 8.86. The molecule has 1 heterocycles. The first-order valence-electron chi connectivity index (χ1n) is 6.73. The van der Waals surface area contributed by atoms with E-state index in [9.17, 15) is 0 Å². The van der Waals surface area contributed by atoms with Crippen molar-refractivity contribution in [3.63, 3.8) is 0 Å². The zero-order chi connectivity index (χ0) is 10.9. The Morgan fingerprint density at radius 3 is 2.13 bits per heavy atom. The lowest BCUT2D eigenvalue weighted by atomic mass is 10.1. The molecule has 2 heteroatoms. The van der Waals surface area contributed by atoms with Gasteiger partial charge in [-0.1, -0.05) is 51.9 Å². The summed E-state index contributed by atoms with van der Waals surface area (Å²) >= 11 is 0. The van der Waals surface area contributed by atoms with E-state index < -0.39 is 0 Å². The molecule has 2 atom stereocenters. The summed E-state index contributed by atoms with van der Waals surface area (Å²) in [6.07, 6.45) is 11.1. The van der Waals surface area contributed by atoms with Crippen molar-refractivity contribution in [2.75, 3.05) is 19.7 Å². The molecule has 1 rings (SSSR count). The Morgan fingerprint density at radius 1 is 1.00 bits per heavy atom. The first-order valence-corrected chi connectivity index (χ1v) is 6.73. The van der Waals surface area contributed by atoms with Gasteiger partial charge in [-0.05, 0) is 13.0 Å². The molecule has 1 saturated heterocycles. The third-order valence-corrected chi connectivity index (χ3v) is 3.34. The summed E-state index contributed by atoms with van der Waals surface area (Å²) in [6, 6.07) is 0.509. The molecule has 0 spiro atoms. The zero-order valence-corrected chi connectivity index (χ0v) is 10.2. The van der Waals surface area contributed by atoms with Crippen molar-refractivity contribution in [1.82, 2.24) is 4.90 Å². The maximum absolute atomic E-state index is 8.86. The van der Waals surface area contributed by atoms with Crippen molar-refractivity contribution in [1.29, 1.82) is 0 Å². The molecule has 0 aromatic carbocycles.